The molecule has 81 heavy (non-hydrogen) atoms. The number of rotatable bonds is 18. The summed E-state index contributed by atoms with van der Waals surface area (Å²) in [5, 5.41) is 14.9. The third kappa shape index (κ3) is 19.2. The van der Waals surface area contributed by atoms with Gasteiger partial charge in [0, 0.05) is 55.5 Å². The van der Waals surface area contributed by atoms with E-state index in [1.807, 2.05) is 29.6 Å². The van der Waals surface area contributed by atoms with Crippen molar-refractivity contribution in [3.8, 4) is 44.5 Å². The van der Waals surface area contributed by atoms with Gasteiger partial charge in [-0.25, -0.2) is 0 Å². The van der Waals surface area contributed by atoms with Crippen LogP contribution in [0.5, 0.6) is 0 Å². The second-order valence-corrected chi connectivity index (χ2v) is 25.6. The zero-order valence-corrected chi connectivity index (χ0v) is 51.2. The predicted molar refractivity (Wildman–Crippen MR) is 356 cm³/mol. The van der Waals surface area contributed by atoms with E-state index in [0.29, 0.717) is 40.7 Å². The quantitative estimate of drug-likeness (QED) is 0.0230. The molecule has 0 aliphatic heterocycles. The van der Waals surface area contributed by atoms with E-state index in [9.17, 15) is 9.90 Å². The Labute approximate surface area is 508 Å². The molecule has 6 nitrogen and oxygen atoms in total. The number of aliphatic hydroxyl groups is 1. The highest BCUT2D eigenvalue weighted by Gasteiger charge is 2.31. The molecule has 8 aromatic carbocycles. The Hall–Kier alpha value is -5.72. The number of carbonyl (C=O) groups excluding carboxylic acids is 1. The molecule has 3 fully saturated rings. The highest BCUT2D eigenvalue weighted by molar-refractivity contribution is 14.1. The third-order valence-electron chi connectivity index (χ3n) is 15.5. The van der Waals surface area contributed by atoms with Gasteiger partial charge < -0.3 is 9.84 Å². The standard InChI is InChI=1S/C20H22O2S.C19H21N3S.C19H22OS.C13H11I/c1-22-20(21)16-11-12-18(13-16)23-14-17-9-5-6-10-19(17)15-7-3-2-4-8-15;20-22-21-13-15-10-11-18(12-15)23-14-17-8-4-5-9-19(17)16-6-2-1-3-7-16;20-13-15-10-11-18(12-15)21-14-17-8-4-5-9-19(17)16-6-2-1-3-7-16;14-10-12-8-4-5-9-13(12)11-6-2-1-3-7-11/h2-10,16,18H,11-14H2,1H3;1-9,15,18H,10-14H2;1-9,15,18,20H,10-14H2;1-9H,10H2/t16-,18?;15-,18?;15-,18+;/m000./s1. The number of thioether (sulfide) groups is 3. The smallest absolute Gasteiger partial charge is 0.308 e. The van der Waals surface area contributed by atoms with E-state index in [1.54, 1.807) is 0 Å². The minimum absolute atomic E-state index is 0.0437. The van der Waals surface area contributed by atoms with Gasteiger partial charge in [0.15, 0.2) is 0 Å². The fraction of sp³-hybridized carbons (Fsp3) is 0.310. The van der Waals surface area contributed by atoms with E-state index in [4.69, 9.17) is 10.3 Å². The molecular formula is C71H76IN3O3S3. The molecule has 0 bridgehead atoms. The third-order valence-corrected chi connectivity index (χ3v) is 20.5. The first-order valence-corrected chi connectivity index (χ1v) is 33.2. The van der Waals surface area contributed by atoms with Gasteiger partial charge in [-0.05, 0) is 142 Å². The number of hydrogen-bond donors (Lipinski definition) is 1. The molecule has 3 aliphatic carbocycles. The Morgan fingerprint density at radius 2 is 0.815 bits per heavy atom. The molecule has 3 aliphatic rings. The van der Waals surface area contributed by atoms with Crippen LogP contribution in [-0.4, -0.2) is 47.1 Å². The van der Waals surface area contributed by atoms with E-state index < -0.39 is 0 Å². The van der Waals surface area contributed by atoms with Gasteiger partial charge in [-0.15, -0.1) is 0 Å². The Bertz CT molecular complexity index is 3160. The van der Waals surface area contributed by atoms with Crippen molar-refractivity contribution < 1.29 is 14.6 Å². The number of alkyl halides is 1. The lowest BCUT2D eigenvalue weighted by molar-refractivity contribution is -0.145. The van der Waals surface area contributed by atoms with Crippen molar-refractivity contribution in [2.45, 2.75) is 95.2 Å². The molecule has 10 heteroatoms. The summed E-state index contributed by atoms with van der Waals surface area (Å²) in [5.74, 6) is 4.26. The highest BCUT2D eigenvalue weighted by Crippen LogP contribution is 2.40. The Morgan fingerprint density at radius 3 is 1.19 bits per heavy atom. The second-order valence-electron chi connectivity index (χ2n) is 21.0. The maximum absolute atomic E-state index is 11.6. The van der Waals surface area contributed by atoms with Crippen molar-refractivity contribution in [3.63, 3.8) is 0 Å². The first kappa shape index (κ1) is 61.4. The van der Waals surface area contributed by atoms with Crippen LogP contribution in [0.3, 0.4) is 0 Å². The van der Waals surface area contributed by atoms with Crippen LogP contribution in [0.2, 0.25) is 0 Å². The molecule has 1 N–H and O–H groups in total. The maximum Gasteiger partial charge on any atom is 0.308 e. The van der Waals surface area contributed by atoms with E-state index in [-0.39, 0.29) is 11.9 Å². The van der Waals surface area contributed by atoms with Gasteiger partial charge in [-0.3, -0.25) is 4.79 Å². The lowest BCUT2D eigenvalue weighted by atomic mass is 10.0. The van der Waals surface area contributed by atoms with Crippen molar-refractivity contribution in [1.29, 1.82) is 0 Å². The molecule has 0 heterocycles. The monoisotopic (exact) mass is 1240 g/mol. The molecular weight excluding hydrogens is 1170 g/mol. The number of azide groups is 1. The number of ether oxygens (including phenoxy) is 1. The van der Waals surface area contributed by atoms with Crippen LogP contribution in [0.15, 0.2) is 224 Å². The topological polar surface area (TPSA) is 95.3 Å². The number of aliphatic hydroxyl groups excluding tert-OH is 1. The summed E-state index contributed by atoms with van der Waals surface area (Å²) in [6, 6.07) is 76.9. The molecule has 0 spiro atoms. The maximum atomic E-state index is 11.6. The molecule has 0 amide bonds. The van der Waals surface area contributed by atoms with Gasteiger partial charge in [0.1, 0.15) is 0 Å². The van der Waals surface area contributed by atoms with Crippen molar-refractivity contribution in [2.24, 2.45) is 22.9 Å². The van der Waals surface area contributed by atoms with E-state index >= 15 is 0 Å². The van der Waals surface area contributed by atoms with Gasteiger partial charge >= 0.3 is 5.97 Å². The average molecular weight is 1240 g/mol. The van der Waals surface area contributed by atoms with Gasteiger partial charge in [0.05, 0.1) is 13.0 Å². The first-order chi connectivity index (χ1) is 39.9. The summed E-state index contributed by atoms with van der Waals surface area (Å²) < 4.78 is 5.93. The molecule has 0 radical (unpaired) electrons. The molecule has 2 unspecified atom stereocenters. The van der Waals surface area contributed by atoms with Crippen molar-refractivity contribution >= 4 is 63.8 Å². The molecule has 8 aromatic rings. The lowest BCUT2D eigenvalue weighted by Gasteiger charge is -2.13. The summed E-state index contributed by atoms with van der Waals surface area (Å²) in [6.07, 6.45) is 10.2. The number of nitrogens with zero attached hydrogens (tertiary/aromatic N) is 3. The molecule has 3 saturated carbocycles. The van der Waals surface area contributed by atoms with Crippen LogP contribution < -0.4 is 0 Å². The lowest BCUT2D eigenvalue weighted by Crippen LogP contribution is -2.13. The van der Waals surface area contributed by atoms with Gasteiger partial charge in [0.2, 0.25) is 0 Å². The first-order valence-electron chi connectivity index (χ1n) is 28.6. The van der Waals surface area contributed by atoms with E-state index in [2.05, 4.69) is 257 Å². The predicted octanol–water partition coefficient (Wildman–Crippen LogP) is 20.0. The zero-order valence-electron chi connectivity index (χ0n) is 46.6. The second kappa shape index (κ2) is 34.0. The number of esters is 1. The van der Waals surface area contributed by atoms with Crippen LogP contribution in [-0.2, 0) is 31.2 Å². The highest BCUT2D eigenvalue weighted by atomic mass is 127. The molecule has 6 atom stereocenters. The minimum Gasteiger partial charge on any atom is -0.469 e. The van der Waals surface area contributed by atoms with Gasteiger partial charge in [0.25, 0.3) is 0 Å². The summed E-state index contributed by atoms with van der Waals surface area (Å²) in [5.41, 5.74) is 24.5. The zero-order chi connectivity index (χ0) is 56.3. The molecule has 0 aromatic heterocycles. The fourth-order valence-corrected chi connectivity index (χ4v) is 15.9. The fourth-order valence-electron chi connectivity index (χ4n) is 11.1. The molecule has 11 rings (SSSR count). The molecule has 418 valence electrons. The number of hydrogen-bond acceptors (Lipinski definition) is 7. The van der Waals surface area contributed by atoms with Crippen molar-refractivity contribution in [2.75, 3.05) is 20.3 Å². The largest absolute Gasteiger partial charge is 0.469 e. The van der Waals surface area contributed by atoms with Gasteiger partial charge in [-0.2, -0.15) is 35.3 Å². The van der Waals surface area contributed by atoms with Crippen LogP contribution in [0.25, 0.3) is 55.0 Å². The average Bonchev–Trinajstić information content (AvgIpc) is 4.36. The summed E-state index contributed by atoms with van der Waals surface area (Å²) >= 11 is 8.48. The normalized spacial score (nSPS) is 18.9. The number of carbonyl (C=O) groups is 1. The van der Waals surface area contributed by atoms with Crippen molar-refractivity contribution in [3.05, 3.63) is 251 Å². The van der Waals surface area contributed by atoms with Gasteiger partial charge in [-0.1, -0.05) is 246 Å². The summed E-state index contributed by atoms with van der Waals surface area (Å²) in [4.78, 5) is 14.5. The van der Waals surface area contributed by atoms with Crippen LogP contribution in [0.4, 0.5) is 0 Å². The number of methoxy groups -OCH3 is 1. The Morgan fingerprint density at radius 1 is 0.481 bits per heavy atom. The van der Waals surface area contributed by atoms with Crippen LogP contribution in [0.1, 0.15) is 80.0 Å². The number of halogens is 1. The van der Waals surface area contributed by atoms with E-state index in [0.717, 1.165) is 40.9 Å². The Balaban J connectivity index is 0.000000144. The summed E-state index contributed by atoms with van der Waals surface area (Å²) in [6.45, 7) is 1.02. The minimum atomic E-state index is -0.0437. The van der Waals surface area contributed by atoms with Crippen molar-refractivity contribution in [1.82, 2.24) is 0 Å². The van der Waals surface area contributed by atoms with Crippen LogP contribution >= 0.6 is 57.9 Å². The Kier molecular flexibility index (Phi) is 25.8. The SMILES string of the molecule is COC(=O)[C@H]1CCC(SCc2ccccc2-c2ccccc2)C1.ICc1ccccc1-c1ccccc1.OC[C@H]1CC[C@@H](SCc2ccccc2-c2ccccc2)C1.[N-]=[N+]=NC[C@H]1CCC(SCc2ccccc2-c2ccccc2)C1. The van der Waals surface area contributed by atoms with E-state index in [1.165, 1.54) is 112 Å². The van der Waals surface area contributed by atoms with Crippen LogP contribution in [0, 0.1) is 17.8 Å². The molecule has 0 saturated heterocycles. The number of benzene rings is 8. The summed E-state index contributed by atoms with van der Waals surface area (Å²) in [7, 11) is 1.49.